The van der Waals surface area contributed by atoms with Crippen molar-refractivity contribution in [1.29, 1.82) is 0 Å². The van der Waals surface area contributed by atoms with Gasteiger partial charge in [-0.25, -0.2) is 0 Å². The van der Waals surface area contributed by atoms with E-state index in [0.29, 0.717) is 0 Å². The highest BCUT2D eigenvalue weighted by Gasteiger charge is 2.22. The molecule has 2 aromatic rings. The molecule has 1 saturated heterocycles. The Balaban J connectivity index is 0.00000133. The predicted octanol–water partition coefficient (Wildman–Crippen LogP) is 2.70. The van der Waals surface area contributed by atoms with Crippen molar-refractivity contribution >= 4 is 12.4 Å². The molecule has 1 fully saturated rings. The Morgan fingerprint density at radius 1 is 1.21 bits per heavy atom. The molecule has 0 aliphatic carbocycles. The van der Waals surface area contributed by atoms with Crippen LogP contribution in [0.15, 0.2) is 34.9 Å². The molecule has 3 rings (SSSR count). The lowest BCUT2D eigenvalue weighted by Crippen LogP contribution is -2.13. The molecular weight excluding hydrogens is 262 g/mol. The van der Waals surface area contributed by atoms with E-state index in [1.54, 1.807) is 0 Å². The second-order valence-corrected chi connectivity index (χ2v) is 4.68. The molecule has 1 unspecified atom stereocenters. The summed E-state index contributed by atoms with van der Waals surface area (Å²) in [7, 11) is 0. The van der Waals surface area contributed by atoms with Gasteiger partial charge in [0.2, 0.25) is 5.89 Å². The van der Waals surface area contributed by atoms with Crippen LogP contribution in [0.2, 0.25) is 0 Å². The number of nitrogens with one attached hydrogen (secondary N) is 1. The Bertz CT molecular complexity index is 494. The van der Waals surface area contributed by atoms with Gasteiger partial charge in [0.15, 0.2) is 5.82 Å². The van der Waals surface area contributed by atoms with Gasteiger partial charge in [-0.05, 0) is 31.4 Å². The van der Waals surface area contributed by atoms with Crippen LogP contribution in [0.5, 0.6) is 0 Å². The molecule has 1 aromatic heterocycles. The van der Waals surface area contributed by atoms with Gasteiger partial charge >= 0.3 is 0 Å². The van der Waals surface area contributed by atoms with E-state index in [4.69, 9.17) is 4.52 Å². The van der Waals surface area contributed by atoms with E-state index < -0.39 is 0 Å². The van der Waals surface area contributed by atoms with E-state index in [0.717, 1.165) is 37.5 Å². The van der Waals surface area contributed by atoms with Crippen molar-refractivity contribution in [2.24, 2.45) is 0 Å². The number of nitrogens with zero attached hydrogens (tertiary/aromatic N) is 2. The van der Waals surface area contributed by atoms with Crippen molar-refractivity contribution in [3.8, 4) is 0 Å². The molecule has 0 amide bonds. The monoisotopic (exact) mass is 279 g/mol. The molecular formula is C14H18ClN3O. The highest BCUT2D eigenvalue weighted by molar-refractivity contribution is 5.85. The lowest BCUT2D eigenvalue weighted by Gasteiger charge is -2.01. The minimum atomic E-state index is 0. The maximum Gasteiger partial charge on any atom is 0.243 e. The summed E-state index contributed by atoms with van der Waals surface area (Å²) in [6, 6.07) is 10.7. The number of hydrogen-bond acceptors (Lipinski definition) is 4. The Labute approximate surface area is 119 Å². The van der Waals surface area contributed by atoms with Crippen LogP contribution in [0.3, 0.4) is 0 Å². The summed E-state index contributed by atoms with van der Waals surface area (Å²) in [6.07, 6.45) is 4.07. The molecule has 2 heterocycles. The molecule has 19 heavy (non-hydrogen) atoms. The van der Waals surface area contributed by atoms with Crippen molar-refractivity contribution in [3.05, 3.63) is 47.6 Å². The lowest BCUT2D eigenvalue weighted by atomic mass is 10.1. The first kappa shape index (κ1) is 14.0. The van der Waals surface area contributed by atoms with Crippen LogP contribution in [0, 0.1) is 0 Å². The van der Waals surface area contributed by atoms with E-state index in [-0.39, 0.29) is 18.4 Å². The topological polar surface area (TPSA) is 51.0 Å². The van der Waals surface area contributed by atoms with Crippen LogP contribution in [0.25, 0.3) is 0 Å². The van der Waals surface area contributed by atoms with Gasteiger partial charge in [-0.3, -0.25) is 0 Å². The van der Waals surface area contributed by atoms with Crippen LogP contribution in [-0.2, 0) is 12.8 Å². The first-order valence-corrected chi connectivity index (χ1v) is 6.51. The van der Waals surface area contributed by atoms with E-state index in [9.17, 15) is 0 Å². The number of hydrogen-bond donors (Lipinski definition) is 1. The van der Waals surface area contributed by atoms with Gasteiger partial charge in [0.25, 0.3) is 0 Å². The van der Waals surface area contributed by atoms with Crippen LogP contribution < -0.4 is 5.32 Å². The smallest absolute Gasteiger partial charge is 0.243 e. The molecule has 4 nitrogen and oxygen atoms in total. The fraction of sp³-hybridized carbons (Fsp3) is 0.429. The molecule has 0 radical (unpaired) electrons. The molecule has 1 aliphatic rings. The van der Waals surface area contributed by atoms with Crippen LogP contribution >= 0.6 is 12.4 Å². The van der Waals surface area contributed by atoms with E-state index >= 15 is 0 Å². The van der Waals surface area contributed by atoms with Crippen LogP contribution in [0.1, 0.15) is 36.2 Å². The first-order chi connectivity index (χ1) is 8.92. The fourth-order valence-electron chi connectivity index (χ4n) is 2.31. The zero-order valence-corrected chi connectivity index (χ0v) is 11.5. The van der Waals surface area contributed by atoms with E-state index in [2.05, 4.69) is 39.7 Å². The van der Waals surface area contributed by atoms with Crippen molar-refractivity contribution < 1.29 is 4.52 Å². The van der Waals surface area contributed by atoms with E-state index in [1.165, 1.54) is 12.0 Å². The Morgan fingerprint density at radius 3 is 2.79 bits per heavy atom. The second kappa shape index (κ2) is 6.68. The summed E-state index contributed by atoms with van der Waals surface area (Å²) in [5.41, 5.74) is 1.31. The van der Waals surface area contributed by atoms with Crippen molar-refractivity contribution in [3.63, 3.8) is 0 Å². The van der Waals surface area contributed by atoms with Crippen molar-refractivity contribution in [2.45, 2.75) is 31.7 Å². The van der Waals surface area contributed by atoms with Gasteiger partial charge in [0.05, 0.1) is 6.04 Å². The maximum atomic E-state index is 5.31. The minimum absolute atomic E-state index is 0. The second-order valence-electron chi connectivity index (χ2n) is 4.68. The average molecular weight is 280 g/mol. The van der Waals surface area contributed by atoms with Crippen molar-refractivity contribution in [1.82, 2.24) is 15.5 Å². The molecule has 102 valence electrons. The number of rotatable bonds is 4. The summed E-state index contributed by atoms with van der Waals surface area (Å²) in [5.74, 6) is 1.55. The Morgan fingerprint density at radius 2 is 2.05 bits per heavy atom. The third kappa shape index (κ3) is 3.55. The number of aromatic nitrogens is 2. The summed E-state index contributed by atoms with van der Waals surface area (Å²) in [4.78, 5) is 4.47. The predicted molar refractivity (Wildman–Crippen MR) is 75.4 cm³/mol. The SMILES string of the molecule is Cl.c1ccc(CCc2noc(C3CCCN3)n2)cc1. The van der Waals surface area contributed by atoms with Gasteiger partial charge in [-0.15, -0.1) is 12.4 Å². The fourth-order valence-corrected chi connectivity index (χ4v) is 2.31. The maximum absolute atomic E-state index is 5.31. The zero-order valence-electron chi connectivity index (χ0n) is 10.7. The van der Waals surface area contributed by atoms with E-state index in [1.807, 2.05) is 6.07 Å². The number of aryl methyl sites for hydroxylation is 2. The third-order valence-corrected chi connectivity index (χ3v) is 3.32. The summed E-state index contributed by atoms with van der Waals surface area (Å²) >= 11 is 0. The Hall–Kier alpha value is -1.39. The van der Waals surface area contributed by atoms with Crippen molar-refractivity contribution in [2.75, 3.05) is 6.54 Å². The number of halogens is 1. The Kier molecular flexibility index (Phi) is 4.93. The highest BCUT2D eigenvalue weighted by Crippen LogP contribution is 2.21. The first-order valence-electron chi connectivity index (χ1n) is 6.51. The van der Waals surface area contributed by atoms with Gasteiger partial charge in [-0.2, -0.15) is 4.98 Å². The molecule has 0 saturated carbocycles. The molecule has 0 bridgehead atoms. The summed E-state index contributed by atoms with van der Waals surface area (Å²) in [5, 5.41) is 7.41. The van der Waals surface area contributed by atoms with Gasteiger partial charge in [-0.1, -0.05) is 35.5 Å². The molecule has 1 aromatic carbocycles. The number of benzene rings is 1. The summed E-state index contributed by atoms with van der Waals surface area (Å²) < 4.78 is 5.31. The van der Waals surface area contributed by atoms with Crippen LogP contribution in [0.4, 0.5) is 0 Å². The molecule has 0 spiro atoms. The molecule has 5 heteroatoms. The van der Waals surface area contributed by atoms with Gasteiger partial charge in [0.1, 0.15) is 0 Å². The standard InChI is InChI=1S/C14H17N3O.ClH/c1-2-5-11(6-3-1)8-9-13-16-14(18-17-13)12-7-4-10-15-12;/h1-3,5-6,12,15H,4,7-10H2;1H. The minimum Gasteiger partial charge on any atom is -0.338 e. The lowest BCUT2D eigenvalue weighted by molar-refractivity contribution is 0.341. The largest absolute Gasteiger partial charge is 0.338 e. The third-order valence-electron chi connectivity index (χ3n) is 3.32. The van der Waals surface area contributed by atoms with Crippen LogP contribution in [-0.4, -0.2) is 16.7 Å². The normalized spacial score (nSPS) is 18.2. The average Bonchev–Trinajstić information content (AvgIpc) is 3.08. The molecule has 1 aliphatic heterocycles. The van der Waals surface area contributed by atoms with Gasteiger partial charge in [0, 0.05) is 6.42 Å². The highest BCUT2D eigenvalue weighted by atomic mass is 35.5. The molecule has 1 atom stereocenters. The summed E-state index contributed by atoms with van der Waals surface area (Å²) in [6.45, 7) is 1.05. The quantitative estimate of drug-likeness (QED) is 0.935. The van der Waals surface area contributed by atoms with Gasteiger partial charge < -0.3 is 9.84 Å². The zero-order chi connectivity index (χ0) is 12.2. The molecule has 1 N–H and O–H groups in total.